The Morgan fingerprint density at radius 2 is 2.00 bits per heavy atom. The second-order valence-corrected chi connectivity index (χ2v) is 9.71. The van der Waals surface area contributed by atoms with Gasteiger partial charge in [0, 0.05) is 13.7 Å². The first-order valence-corrected chi connectivity index (χ1v) is 10.3. The minimum absolute atomic E-state index is 0.0699. The van der Waals surface area contributed by atoms with Crippen LogP contribution in [0.15, 0.2) is 12.2 Å². The second-order valence-electron chi connectivity index (χ2n) is 5.89. The van der Waals surface area contributed by atoms with E-state index >= 15 is 0 Å². The van der Waals surface area contributed by atoms with Crippen molar-refractivity contribution in [2.45, 2.75) is 57.8 Å². The summed E-state index contributed by atoms with van der Waals surface area (Å²) in [5.74, 6) is 0. The van der Waals surface area contributed by atoms with Gasteiger partial charge in [-0.25, -0.2) is 4.79 Å². The molecule has 0 aromatic rings. The first-order valence-electron chi connectivity index (χ1n) is 7.22. The molecule has 2 unspecified atom stereocenters. The second kappa shape index (κ2) is 7.73. The molecule has 0 aliphatic heterocycles. The molecule has 1 aliphatic rings. The number of rotatable bonds is 4. The van der Waals surface area contributed by atoms with Crippen molar-refractivity contribution in [3.8, 4) is 0 Å². The molecule has 7 heteroatoms. The summed E-state index contributed by atoms with van der Waals surface area (Å²) in [6, 6.07) is 0. The third kappa shape index (κ3) is 6.92. The van der Waals surface area contributed by atoms with Crippen molar-refractivity contribution in [3.05, 3.63) is 12.2 Å². The van der Waals surface area contributed by atoms with E-state index in [1.165, 1.54) is 11.6 Å². The molecule has 0 bridgehead atoms. The maximum Gasteiger partial charge on any atom is 0.412 e. The van der Waals surface area contributed by atoms with Crippen LogP contribution in [0, 0.1) is 0 Å². The third-order valence-corrected chi connectivity index (χ3v) is 4.47. The summed E-state index contributed by atoms with van der Waals surface area (Å²) in [4.78, 5) is 23.3. The Hall–Kier alpha value is -0.420. The number of carbonyl (C=O) groups is 1. The summed E-state index contributed by atoms with van der Waals surface area (Å²) >= 11 is 4.89. The lowest BCUT2D eigenvalue weighted by Crippen LogP contribution is -2.47. The Labute approximate surface area is 132 Å². The number of hydrogen-bond acceptors (Lipinski definition) is 4. The van der Waals surface area contributed by atoms with E-state index in [-0.39, 0.29) is 6.10 Å². The number of hydrogen-bond donors (Lipinski definition) is 1. The quantitative estimate of drug-likeness (QED) is 0.483. The minimum Gasteiger partial charge on any atom is -0.446 e. The molecule has 5 nitrogen and oxygen atoms in total. The summed E-state index contributed by atoms with van der Waals surface area (Å²) in [7, 11) is 1.59. The van der Waals surface area contributed by atoms with Gasteiger partial charge in [0.2, 0.25) is 0 Å². The van der Waals surface area contributed by atoms with Gasteiger partial charge in [-0.1, -0.05) is 12.2 Å². The van der Waals surface area contributed by atoms with Gasteiger partial charge >= 0.3 is 6.09 Å². The topological polar surface area (TPSA) is 59.0 Å². The van der Waals surface area contributed by atoms with Gasteiger partial charge in [-0.3, -0.25) is 4.90 Å². The molecule has 1 aliphatic carbocycles. The minimum atomic E-state index is -2.86. The van der Waals surface area contributed by atoms with Crippen LogP contribution >= 0.6 is 6.49 Å². The number of carbonyl (C=O) groups excluding carboxylic acids is 1. The molecule has 0 aromatic heterocycles. The average molecular weight is 335 g/mol. The van der Waals surface area contributed by atoms with E-state index in [1.807, 2.05) is 0 Å². The zero-order valence-corrected chi connectivity index (χ0v) is 15.0. The van der Waals surface area contributed by atoms with E-state index in [0.717, 1.165) is 32.1 Å². The molecule has 0 heterocycles. The molecule has 0 radical (unpaired) electrons. The molecule has 0 aromatic carbocycles. The Morgan fingerprint density at radius 3 is 2.62 bits per heavy atom. The lowest BCUT2D eigenvalue weighted by atomic mass is 10.0. The Bertz CT molecular complexity index is 433. The average Bonchev–Trinajstić information content (AvgIpc) is 2.28. The molecule has 0 fully saturated rings. The number of amides is 1. The molecule has 0 saturated carbocycles. The van der Waals surface area contributed by atoms with Gasteiger partial charge in [0.05, 0.1) is 0 Å². The van der Waals surface area contributed by atoms with Gasteiger partial charge in [0.15, 0.2) is 6.49 Å². The van der Waals surface area contributed by atoms with Crippen molar-refractivity contribution in [2.75, 3.05) is 13.7 Å². The maximum absolute atomic E-state index is 12.2. The van der Waals surface area contributed by atoms with Crippen LogP contribution in [-0.2, 0) is 21.1 Å². The summed E-state index contributed by atoms with van der Waals surface area (Å²) < 4.78 is 11.0. The summed E-state index contributed by atoms with van der Waals surface area (Å²) in [6.07, 6.45) is 8.48. The predicted octanol–water partition coefficient (Wildman–Crippen LogP) is 3.63. The van der Waals surface area contributed by atoms with Crippen molar-refractivity contribution in [3.63, 3.8) is 0 Å². The maximum atomic E-state index is 12.2. The Kier molecular flexibility index (Phi) is 6.85. The summed E-state index contributed by atoms with van der Waals surface area (Å²) in [6.45, 7) is 1.98. The van der Waals surface area contributed by atoms with Crippen LogP contribution < -0.4 is 0 Å². The molecule has 1 rings (SSSR count). The van der Waals surface area contributed by atoms with Gasteiger partial charge in [-0.05, 0) is 57.8 Å². The van der Waals surface area contributed by atoms with Crippen molar-refractivity contribution in [2.24, 2.45) is 0 Å². The van der Waals surface area contributed by atoms with E-state index in [1.54, 1.807) is 20.9 Å². The van der Waals surface area contributed by atoms with Crippen LogP contribution in [0.5, 0.6) is 0 Å². The highest BCUT2D eigenvalue weighted by molar-refractivity contribution is 8.09. The van der Waals surface area contributed by atoms with Gasteiger partial charge < -0.3 is 14.2 Å². The predicted molar refractivity (Wildman–Crippen MR) is 87.8 cm³/mol. The third-order valence-electron chi connectivity index (χ3n) is 3.46. The first kappa shape index (κ1) is 18.6. The molecular formula is C14H26NO4PS. The SMILES string of the molecule is CN(C(=O)OC1CC/C=C/CCC1)C(C)(C)OP(C)(O)=S. The van der Waals surface area contributed by atoms with Crippen LogP contribution in [0.3, 0.4) is 0 Å². The van der Waals surface area contributed by atoms with Crippen molar-refractivity contribution in [1.82, 2.24) is 4.90 Å². The van der Waals surface area contributed by atoms with Gasteiger partial charge in [-0.15, -0.1) is 0 Å². The highest BCUT2D eigenvalue weighted by Crippen LogP contribution is 2.43. The molecule has 0 spiro atoms. The largest absolute Gasteiger partial charge is 0.446 e. The van der Waals surface area contributed by atoms with E-state index in [4.69, 9.17) is 21.1 Å². The van der Waals surface area contributed by atoms with Crippen LogP contribution in [0.1, 0.15) is 46.0 Å². The molecule has 21 heavy (non-hydrogen) atoms. The lowest BCUT2D eigenvalue weighted by Gasteiger charge is -2.37. The van der Waals surface area contributed by atoms with E-state index in [9.17, 15) is 9.69 Å². The fourth-order valence-corrected chi connectivity index (χ4v) is 3.66. The molecular weight excluding hydrogens is 309 g/mol. The van der Waals surface area contributed by atoms with E-state index in [0.29, 0.717) is 0 Å². The normalized spacial score (nSPS) is 24.3. The fraction of sp³-hybridized carbons (Fsp3) is 0.786. The van der Waals surface area contributed by atoms with Crippen molar-refractivity contribution >= 4 is 24.4 Å². The lowest BCUT2D eigenvalue weighted by molar-refractivity contribution is -0.0439. The van der Waals surface area contributed by atoms with Crippen molar-refractivity contribution in [1.29, 1.82) is 0 Å². The van der Waals surface area contributed by atoms with Crippen LogP contribution in [0.2, 0.25) is 0 Å². The van der Waals surface area contributed by atoms with Gasteiger partial charge in [-0.2, -0.15) is 0 Å². The van der Waals surface area contributed by atoms with Crippen LogP contribution in [0.25, 0.3) is 0 Å². The summed E-state index contributed by atoms with van der Waals surface area (Å²) in [5, 5.41) is 0. The molecule has 122 valence electrons. The zero-order valence-electron chi connectivity index (χ0n) is 13.2. The Balaban J connectivity index is 2.60. The van der Waals surface area contributed by atoms with Crippen molar-refractivity contribution < 1.29 is 18.9 Å². The molecule has 0 saturated heterocycles. The monoisotopic (exact) mass is 335 g/mol. The van der Waals surface area contributed by atoms with Gasteiger partial charge in [0.1, 0.15) is 11.8 Å². The molecule has 1 amide bonds. The van der Waals surface area contributed by atoms with E-state index in [2.05, 4.69) is 12.2 Å². The van der Waals surface area contributed by atoms with Crippen LogP contribution in [0.4, 0.5) is 4.79 Å². The smallest absolute Gasteiger partial charge is 0.412 e. The van der Waals surface area contributed by atoms with E-state index < -0.39 is 18.3 Å². The molecule has 2 atom stereocenters. The fourth-order valence-electron chi connectivity index (χ4n) is 2.16. The standard InChI is InChI=1S/C14H26NO4PS/c1-14(2,19-20(4,17)21)15(3)13(16)18-12-10-8-6-5-7-9-11-12/h5-6,12H,7-11H2,1-4H3,(H,17,21)/b6-5+. The van der Waals surface area contributed by atoms with Crippen LogP contribution in [-0.4, -0.2) is 41.4 Å². The summed E-state index contributed by atoms with van der Waals surface area (Å²) in [5.41, 5.74) is -1.00. The van der Waals surface area contributed by atoms with Gasteiger partial charge in [0.25, 0.3) is 0 Å². The zero-order chi connectivity index (χ0) is 16.1. The highest BCUT2D eigenvalue weighted by atomic mass is 32.5. The highest BCUT2D eigenvalue weighted by Gasteiger charge is 2.34. The number of allylic oxidation sites excluding steroid dienone is 2. The first-order chi connectivity index (χ1) is 9.62. The number of nitrogens with zero attached hydrogens (tertiary/aromatic N) is 1. The Morgan fingerprint density at radius 1 is 1.38 bits per heavy atom. The number of ether oxygens (including phenoxy) is 1. The molecule has 1 N–H and O–H groups in total.